The zero-order valence-electron chi connectivity index (χ0n) is 16.8. The number of hydrogen-bond acceptors (Lipinski definition) is 5. The van der Waals surface area contributed by atoms with Gasteiger partial charge in [0.25, 0.3) is 0 Å². The monoisotopic (exact) mass is 376 g/mol. The number of ether oxygens (including phenoxy) is 2. The molecule has 0 spiro atoms. The number of Topliss-reactive ketones (excluding diaryl/α,β-unsaturated/α-hetero) is 1. The molecule has 5 heteroatoms. The topological polar surface area (TPSA) is 69.7 Å². The molecule has 0 aromatic rings. The Bertz CT molecular complexity index is 623. The first-order chi connectivity index (χ1) is 12.7. The Morgan fingerprint density at radius 3 is 2.41 bits per heavy atom. The highest BCUT2D eigenvalue weighted by molar-refractivity contribution is 6.01. The summed E-state index contributed by atoms with van der Waals surface area (Å²) in [6, 6.07) is 0. The summed E-state index contributed by atoms with van der Waals surface area (Å²) in [5.41, 5.74) is 1.20. The second kappa shape index (κ2) is 9.34. The van der Waals surface area contributed by atoms with Gasteiger partial charge in [-0.05, 0) is 42.2 Å². The Morgan fingerprint density at radius 2 is 1.78 bits per heavy atom. The van der Waals surface area contributed by atoms with E-state index >= 15 is 0 Å². The third kappa shape index (κ3) is 5.78. The van der Waals surface area contributed by atoms with E-state index in [1.54, 1.807) is 13.0 Å². The highest BCUT2D eigenvalue weighted by Gasteiger charge is 2.39. The summed E-state index contributed by atoms with van der Waals surface area (Å²) in [6.45, 7) is 9.97. The molecule has 0 aromatic carbocycles. The number of allylic oxidation sites excluding steroid dienone is 2. The molecule has 0 N–H and O–H groups in total. The van der Waals surface area contributed by atoms with Gasteiger partial charge in [0.1, 0.15) is 0 Å². The molecular formula is C22H32O5. The summed E-state index contributed by atoms with van der Waals surface area (Å²) in [6.07, 6.45) is 7.11. The van der Waals surface area contributed by atoms with Crippen LogP contribution in [-0.4, -0.2) is 30.4 Å². The second-order valence-electron chi connectivity index (χ2n) is 8.36. The lowest BCUT2D eigenvalue weighted by Gasteiger charge is -2.36. The molecule has 0 bridgehead atoms. The van der Waals surface area contributed by atoms with E-state index < -0.39 is 12.1 Å². The molecule has 2 aliphatic carbocycles. The molecule has 1 fully saturated rings. The van der Waals surface area contributed by atoms with Crippen LogP contribution in [0.1, 0.15) is 72.1 Å². The van der Waals surface area contributed by atoms with Gasteiger partial charge in [0.2, 0.25) is 0 Å². The summed E-state index contributed by atoms with van der Waals surface area (Å²) in [5.74, 6) is -0.644. The Kier molecular flexibility index (Phi) is 7.40. The zero-order chi connectivity index (χ0) is 20.0. The normalized spacial score (nSPS) is 23.1. The zero-order valence-corrected chi connectivity index (χ0v) is 16.8. The fourth-order valence-electron chi connectivity index (χ4n) is 4.13. The maximum Gasteiger partial charge on any atom is 0.307 e. The first-order valence-corrected chi connectivity index (χ1v) is 9.97. The summed E-state index contributed by atoms with van der Waals surface area (Å²) >= 11 is 0. The molecule has 150 valence electrons. The number of esters is 2. The first-order valence-electron chi connectivity index (χ1n) is 9.97. The lowest BCUT2D eigenvalue weighted by molar-refractivity contribution is -0.158. The van der Waals surface area contributed by atoms with E-state index in [-0.39, 0.29) is 30.0 Å². The van der Waals surface area contributed by atoms with Crippen molar-refractivity contribution in [3.8, 4) is 0 Å². The predicted molar refractivity (Wildman–Crippen MR) is 103 cm³/mol. The van der Waals surface area contributed by atoms with Crippen molar-refractivity contribution in [2.45, 2.75) is 78.2 Å². The molecule has 2 aliphatic rings. The average molecular weight is 376 g/mol. The van der Waals surface area contributed by atoms with Crippen LogP contribution in [-0.2, 0) is 23.9 Å². The molecule has 0 aliphatic heterocycles. The first kappa shape index (κ1) is 21.4. The predicted octanol–water partition coefficient (Wildman–Crippen LogP) is 4.30. The van der Waals surface area contributed by atoms with Gasteiger partial charge in [-0.2, -0.15) is 0 Å². The van der Waals surface area contributed by atoms with Gasteiger partial charge in [-0.15, -0.1) is 0 Å². The van der Waals surface area contributed by atoms with Crippen molar-refractivity contribution in [1.82, 2.24) is 0 Å². The van der Waals surface area contributed by atoms with E-state index in [0.717, 1.165) is 18.4 Å². The van der Waals surface area contributed by atoms with Crippen molar-refractivity contribution in [3.63, 3.8) is 0 Å². The molecule has 0 aromatic heterocycles. The standard InChI is InChI=1S/C22H32O5/c1-5-17-15(2)21(25)18(13-22(17,3)4)27-20(24)12-11-19(23)26-14-16-9-7-6-8-10-16/h5,16,18H,1,6-14H2,2-4H3. The van der Waals surface area contributed by atoms with Gasteiger partial charge in [-0.25, -0.2) is 0 Å². The van der Waals surface area contributed by atoms with Crippen molar-refractivity contribution in [2.75, 3.05) is 6.61 Å². The Hall–Kier alpha value is -1.91. The summed E-state index contributed by atoms with van der Waals surface area (Å²) in [4.78, 5) is 36.4. The van der Waals surface area contributed by atoms with Gasteiger partial charge in [-0.1, -0.05) is 45.8 Å². The van der Waals surface area contributed by atoms with Crippen LogP contribution in [0.25, 0.3) is 0 Å². The summed E-state index contributed by atoms with van der Waals surface area (Å²) in [7, 11) is 0. The van der Waals surface area contributed by atoms with Crippen molar-refractivity contribution >= 4 is 17.7 Å². The molecule has 1 atom stereocenters. The molecule has 0 amide bonds. The van der Waals surface area contributed by atoms with Gasteiger partial charge in [0.15, 0.2) is 11.9 Å². The van der Waals surface area contributed by atoms with Crippen molar-refractivity contribution in [2.24, 2.45) is 11.3 Å². The van der Waals surface area contributed by atoms with Crippen LogP contribution in [0.4, 0.5) is 0 Å². The quantitative estimate of drug-likeness (QED) is 0.620. The van der Waals surface area contributed by atoms with Gasteiger partial charge in [0.05, 0.1) is 19.4 Å². The lowest BCUT2D eigenvalue weighted by atomic mass is 9.71. The van der Waals surface area contributed by atoms with E-state index in [0.29, 0.717) is 24.5 Å². The van der Waals surface area contributed by atoms with Gasteiger partial charge in [0, 0.05) is 6.42 Å². The van der Waals surface area contributed by atoms with Crippen LogP contribution >= 0.6 is 0 Å². The summed E-state index contributed by atoms with van der Waals surface area (Å²) < 4.78 is 10.7. The molecule has 1 unspecified atom stereocenters. The molecule has 2 rings (SSSR count). The molecule has 0 radical (unpaired) electrons. The maximum absolute atomic E-state index is 12.5. The van der Waals surface area contributed by atoms with E-state index in [1.807, 2.05) is 13.8 Å². The van der Waals surface area contributed by atoms with Crippen LogP contribution in [0.2, 0.25) is 0 Å². The van der Waals surface area contributed by atoms with Crippen LogP contribution in [0.5, 0.6) is 0 Å². The number of rotatable bonds is 7. The Morgan fingerprint density at radius 1 is 1.15 bits per heavy atom. The minimum absolute atomic E-state index is 0.0113. The highest BCUT2D eigenvalue weighted by atomic mass is 16.5. The largest absolute Gasteiger partial charge is 0.465 e. The van der Waals surface area contributed by atoms with Crippen molar-refractivity contribution in [3.05, 3.63) is 23.8 Å². The lowest BCUT2D eigenvalue weighted by Crippen LogP contribution is -2.39. The van der Waals surface area contributed by atoms with E-state index in [2.05, 4.69) is 6.58 Å². The van der Waals surface area contributed by atoms with Gasteiger partial charge >= 0.3 is 11.9 Å². The number of ketones is 1. The van der Waals surface area contributed by atoms with Gasteiger partial charge in [-0.3, -0.25) is 14.4 Å². The van der Waals surface area contributed by atoms with Crippen LogP contribution in [0.15, 0.2) is 23.8 Å². The van der Waals surface area contributed by atoms with E-state index in [9.17, 15) is 14.4 Å². The van der Waals surface area contributed by atoms with Crippen LogP contribution in [0, 0.1) is 11.3 Å². The Balaban J connectivity index is 1.78. The molecule has 5 nitrogen and oxygen atoms in total. The molecule has 27 heavy (non-hydrogen) atoms. The second-order valence-corrected chi connectivity index (χ2v) is 8.36. The maximum atomic E-state index is 12.5. The SMILES string of the molecule is C=CC1=C(C)C(=O)C(OC(=O)CCC(=O)OCC2CCCCC2)CC1(C)C. The van der Waals surface area contributed by atoms with E-state index in [1.165, 1.54) is 19.3 Å². The van der Waals surface area contributed by atoms with Crippen LogP contribution in [0.3, 0.4) is 0 Å². The van der Waals surface area contributed by atoms with Crippen LogP contribution < -0.4 is 0 Å². The number of carbonyl (C=O) groups excluding carboxylic acids is 3. The Labute approximate surface area is 162 Å². The summed E-state index contributed by atoms with van der Waals surface area (Å²) in [5, 5.41) is 0. The minimum atomic E-state index is -0.797. The third-order valence-corrected chi connectivity index (χ3v) is 5.71. The smallest absolute Gasteiger partial charge is 0.307 e. The fraction of sp³-hybridized carbons (Fsp3) is 0.682. The number of carbonyl (C=O) groups is 3. The van der Waals surface area contributed by atoms with Gasteiger partial charge < -0.3 is 9.47 Å². The number of hydrogen-bond donors (Lipinski definition) is 0. The highest BCUT2D eigenvalue weighted by Crippen LogP contribution is 2.40. The molecule has 0 heterocycles. The molecular weight excluding hydrogens is 344 g/mol. The van der Waals surface area contributed by atoms with Crippen molar-refractivity contribution < 1.29 is 23.9 Å². The fourth-order valence-corrected chi connectivity index (χ4v) is 4.13. The molecule has 0 saturated heterocycles. The minimum Gasteiger partial charge on any atom is -0.465 e. The van der Waals surface area contributed by atoms with E-state index in [4.69, 9.17) is 9.47 Å². The van der Waals surface area contributed by atoms with Crippen molar-refractivity contribution in [1.29, 1.82) is 0 Å². The molecule has 1 saturated carbocycles. The average Bonchev–Trinajstić information content (AvgIpc) is 2.63. The third-order valence-electron chi connectivity index (χ3n) is 5.71.